The molecule has 94 valence electrons. The van der Waals surface area contributed by atoms with Gasteiger partial charge >= 0.3 is 0 Å². The highest BCUT2D eigenvalue weighted by Crippen LogP contribution is 2.21. The number of aromatic nitrogens is 1. The average Bonchev–Trinajstić information content (AvgIpc) is 2.64. The molecule has 2 aromatic rings. The van der Waals surface area contributed by atoms with Gasteiger partial charge in [0.25, 0.3) is 5.91 Å². The first kappa shape index (κ1) is 12.2. The van der Waals surface area contributed by atoms with E-state index in [2.05, 4.69) is 10.5 Å². The molecule has 0 aliphatic carbocycles. The standard InChI is InChI=1S/C13H14N2O3/c1-7-6-10(4-5-11(7)16)14-13(17)12-8(2)15-18-9(12)3/h4-6,16H,1-3H3,(H,14,17). The van der Waals surface area contributed by atoms with Crippen LogP contribution in [0.5, 0.6) is 5.75 Å². The minimum atomic E-state index is -0.267. The summed E-state index contributed by atoms with van der Waals surface area (Å²) in [6.45, 7) is 5.17. The summed E-state index contributed by atoms with van der Waals surface area (Å²) in [7, 11) is 0. The molecule has 5 nitrogen and oxygen atoms in total. The number of carbonyl (C=O) groups is 1. The third kappa shape index (κ3) is 2.20. The number of nitrogens with zero attached hydrogens (tertiary/aromatic N) is 1. The lowest BCUT2D eigenvalue weighted by Crippen LogP contribution is -2.13. The molecule has 1 aromatic heterocycles. The molecule has 1 aromatic carbocycles. The van der Waals surface area contributed by atoms with Gasteiger partial charge in [-0.05, 0) is 44.5 Å². The molecule has 1 heterocycles. The third-order valence-electron chi connectivity index (χ3n) is 2.72. The Hall–Kier alpha value is -2.30. The van der Waals surface area contributed by atoms with Gasteiger partial charge < -0.3 is 14.9 Å². The quantitative estimate of drug-likeness (QED) is 0.798. The molecule has 2 N–H and O–H groups in total. The van der Waals surface area contributed by atoms with Crippen molar-refractivity contribution in [1.82, 2.24) is 5.16 Å². The zero-order valence-electron chi connectivity index (χ0n) is 10.4. The first-order valence-electron chi connectivity index (χ1n) is 5.53. The molecule has 0 saturated carbocycles. The predicted octanol–water partition coefficient (Wildman–Crippen LogP) is 2.56. The van der Waals surface area contributed by atoms with Gasteiger partial charge in [0.2, 0.25) is 0 Å². The highest BCUT2D eigenvalue weighted by atomic mass is 16.5. The number of phenols is 1. The number of phenolic OH excluding ortho intramolecular Hbond substituents is 1. The molecular weight excluding hydrogens is 232 g/mol. The number of aromatic hydroxyl groups is 1. The van der Waals surface area contributed by atoms with Gasteiger partial charge in [-0.3, -0.25) is 4.79 Å². The van der Waals surface area contributed by atoms with Crippen molar-refractivity contribution in [3.8, 4) is 5.75 Å². The summed E-state index contributed by atoms with van der Waals surface area (Å²) < 4.78 is 4.95. The van der Waals surface area contributed by atoms with Crippen molar-refractivity contribution in [2.75, 3.05) is 5.32 Å². The van der Waals surface area contributed by atoms with Gasteiger partial charge in [-0.25, -0.2) is 0 Å². The number of benzene rings is 1. The van der Waals surface area contributed by atoms with E-state index in [1.807, 2.05) is 0 Å². The van der Waals surface area contributed by atoms with E-state index in [0.29, 0.717) is 28.3 Å². The molecular formula is C13H14N2O3. The van der Waals surface area contributed by atoms with Crippen LogP contribution in [0.4, 0.5) is 5.69 Å². The maximum Gasteiger partial charge on any atom is 0.261 e. The number of rotatable bonds is 2. The number of hydrogen-bond donors (Lipinski definition) is 2. The molecule has 0 atom stereocenters. The smallest absolute Gasteiger partial charge is 0.261 e. The lowest BCUT2D eigenvalue weighted by atomic mass is 10.1. The maximum atomic E-state index is 12.0. The maximum absolute atomic E-state index is 12.0. The Morgan fingerprint density at radius 3 is 2.61 bits per heavy atom. The Kier molecular flexibility index (Phi) is 3.06. The SMILES string of the molecule is Cc1cc(NC(=O)c2c(C)noc2C)ccc1O. The Bertz CT molecular complexity index is 583. The third-order valence-corrected chi connectivity index (χ3v) is 2.72. The fourth-order valence-corrected chi connectivity index (χ4v) is 1.73. The van der Waals surface area contributed by atoms with E-state index in [1.165, 1.54) is 6.07 Å². The average molecular weight is 246 g/mol. The van der Waals surface area contributed by atoms with Crippen molar-refractivity contribution >= 4 is 11.6 Å². The number of aryl methyl sites for hydroxylation is 3. The second-order valence-electron chi connectivity index (χ2n) is 4.15. The lowest BCUT2D eigenvalue weighted by molar-refractivity contribution is 0.102. The summed E-state index contributed by atoms with van der Waals surface area (Å²) in [6, 6.07) is 4.88. The monoisotopic (exact) mass is 246 g/mol. The molecule has 18 heavy (non-hydrogen) atoms. The first-order chi connectivity index (χ1) is 8.49. The van der Waals surface area contributed by atoms with Crippen LogP contribution in [-0.2, 0) is 0 Å². The topological polar surface area (TPSA) is 75.4 Å². The lowest BCUT2D eigenvalue weighted by Gasteiger charge is -2.06. The van der Waals surface area contributed by atoms with Gasteiger partial charge in [-0.1, -0.05) is 5.16 Å². The molecule has 0 spiro atoms. The summed E-state index contributed by atoms with van der Waals surface area (Å²) in [5.74, 6) is 0.419. The van der Waals surface area contributed by atoms with Gasteiger partial charge in [0, 0.05) is 5.69 Å². The van der Waals surface area contributed by atoms with E-state index < -0.39 is 0 Å². The molecule has 0 bridgehead atoms. The van der Waals surface area contributed by atoms with E-state index in [1.54, 1.807) is 32.9 Å². The van der Waals surface area contributed by atoms with Crippen LogP contribution in [0.15, 0.2) is 22.7 Å². The highest BCUT2D eigenvalue weighted by molar-refractivity contribution is 6.05. The zero-order chi connectivity index (χ0) is 13.3. The van der Waals surface area contributed by atoms with E-state index in [9.17, 15) is 9.90 Å². The van der Waals surface area contributed by atoms with Crippen molar-refractivity contribution in [3.05, 3.63) is 40.8 Å². The van der Waals surface area contributed by atoms with Gasteiger partial charge in [0.1, 0.15) is 17.1 Å². The van der Waals surface area contributed by atoms with Crippen LogP contribution in [0.25, 0.3) is 0 Å². The van der Waals surface area contributed by atoms with E-state index >= 15 is 0 Å². The van der Waals surface area contributed by atoms with Crippen molar-refractivity contribution in [1.29, 1.82) is 0 Å². The molecule has 1 amide bonds. The molecule has 0 saturated heterocycles. The van der Waals surface area contributed by atoms with Crippen molar-refractivity contribution < 1.29 is 14.4 Å². The van der Waals surface area contributed by atoms with Gasteiger partial charge in [-0.2, -0.15) is 0 Å². The fourth-order valence-electron chi connectivity index (χ4n) is 1.73. The summed E-state index contributed by atoms with van der Waals surface area (Å²) in [6.07, 6.45) is 0. The van der Waals surface area contributed by atoms with Crippen molar-refractivity contribution in [2.24, 2.45) is 0 Å². The minimum absolute atomic E-state index is 0.199. The minimum Gasteiger partial charge on any atom is -0.508 e. The Labute approximate surface area is 104 Å². The zero-order valence-corrected chi connectivity index (χ0v) is 10.4. The Morgan fingerprint density at radius 2 is 2.06 bits per heavy atom. The van der Waals surface area contributed by atoms with Crippen LogP contribution in [0, 0.1) is 20.8 Å². The molecule has 0 aliphatic heterocycles. The van der Waals surface area contributed by atoms with Gasteiger partial charge in [0.05, 0.1) is 5.69 Å². The molecule has 0 radical (unpaired) electrons. The number of amides is 1. The Morgan fingerprint density at radius 1 is 1.33 bits per heavy atom. The van der Waals surface area contributed by atoms with Crippen molar-refractivity contribution in [3.63, 3.8) is 0 Å². The van der Waals surface area contributed by atoms with Crippen LogP contribution in [0.2, 0.25) is 0 Å². The van der Waals surface area contributed by atoms with Gasteiger partial charge in [-0.15, -0.1) is 0 Å². The summed E-state index contributed by atoms with van der Waals surface area (Å²) in [4.78, 5) is 12.0. The predicted molar refractivity (Wildman–Crippen MR) is 66.8 cm³/mol. The summed E-state index contributed by atoms with van der Waals surface area (Å²) in [5.41, 5.74) is 2.32. The summed E-state index contributed by atoms with van der Waals surface area (Å²) >= 11 is 0. The first-order valence-corrected chi connectivity index (χ1v) is 5.53. The van der Waals surface area contributed by atoms with E-state index in [0.717, 1.165) is 0 Å². The van der Waals surface area contributed by atoms with Crippen LogP contribution >= 0.6 is 0 Å². The van der Waals surface area contributed by atoms with Crippen molar-refractivity contribution in [2.45, 2.75) is 20.8 Å². The normalized spacial score (nSPS) is 10.4. The Balaban J connectivity index is 2.24. The van der Waals surface area contributed by atoms with E-state index in [-0.39, 0.29) is 11.7 Å². The van der Waals surface area contributed by atoms with Crippen LogP contribution in [0.3, 0.4) is 0 Å². The fraction of sp³-hybridized carbons (Fsp3) is 0.231. The molecule has 0 unspecified atom stereocenters. The van der Waals surface area contributed by atoms with Gasteiger partial charge in [0.15, 0.2) is 0 Å². The second-order valence-corrected chi connectivity index (χ2v) is 4.15. The number of carbonyl (C=O) groups excluding carboxylic acids is 1. The number of hydrogen-bond acceptors (Lipinski definition) is 4. The molecule has 2 rings (SSSR count). The summed E-state index contributed by atoms with van der Waals surface area (Å²) in [5, 5.41) is 15.9. The second kappa shape index (κ2) is 4.52. The molecule has 0 fully saturated rings. The van der Waals surface area contributed by atoms with Crippen LogP contribution < -0.4 is 5.32 Å². The molecule has 5 heteroatoms. The number of anilines is 1. The number of nitrogens with one attached hydrogen (secondary N) is 1. The van der Waals surface area contributed by atoms with Crippen LogP contribution in [0.1, 0.15) is 27.4 Å². The molecule has 0 aliphatic rings. The van der Waals surface area contributed by atoms with E-state index in [4.69, 9.17) is 4.52 Å². The largest absolute Gasteiger partial charge is 0.508 e. The highest BCUT2D eigenvalue weighted by Gasteiger charge is 2.17. The van der Waals surface area contributed by atoms with Crippen LogP contribution in [-0.4, -0.2) is 16.2 Å².